The third kappa shape index (κ3) is 7.11. The Labute approximate surface area is 293 Å². The van der Waals surface area contributed by atoms with Crippen molar-refractivity contribution in [3.8, 4) is 23.6 Å². The van der Waals surface area contributed by atoms with Crippen LogP contribution in [-0.2, 0) is 19.1 Å². The van der Waals surface area contributed by atoms with Crippen LogP contribution in [0.1, 0.15) is 59.3 Å². The van der Waals surface area contributed by atoms with Gasteiger partial charge in [-0.25, -0.2) is 9.78 Å². The van der Waals surface area contributed by atoms with E-state index in [0.29, 0.717) is 21.7 Å². The first-order valence-electron chi connectivity index (χ1n) is 16.7. The molecule has 3 fully saturated rings. The molecule has 1 saturated heterocycles. The fourth-order valence-corrected chi connectivity index (χ4v) is 7.44. The minimum absolute atomic E-state index is 0.0130. The van der Waals surface area contributed by atoms with Gasteiger partial charge in [0.2, 0.25) is 17.7 Å². The average molecular weight is 701 g/mol. The van der Waals surface area contributed by atoms with Gasteiger partial charge in [-0.05, 0) is 61.1 Å². The minimum Gasteiger partial charge on any atom is -0.471 e. The number of thiophene rings is 1. The molecule has 5 atom stereocenters. The van der Waals surface area contributed by atoms with Crippen molar-refractivity contribution in [2.75, 3.05) is 6.54 Å². The molecule has 4 heterocycles. The second-order valence-electron chi connectivity index (χ2n) is 14.0. The smallest absolute Gasteiger partial charge is 0.408 e. The lowest BCUT2D eigenvalue weighted by molar-refractivity contribution is -0.143. The third-order valence-corrected chi connectivity index (χ3v) is 10.4. The molecule has 14 nitrogen and oxygen atoms in total. The zero-order valence-electron chi connectivity index (χ0n) is 28.2. The van der Waals surface area contributed by atoms with Gasteiger partial charge in [0, 0.05) is 18.5 Å². The number of amides is 4. The number of nitrogens with one attached hydrogen (secondary N) is 3. The van der Waals surface area contributed by atoms with Crippen molar-refractivity contribution in [1.29, 1.82) is 5.26 Å². The summed E-state index contributed by atoms with van der Waals surface area (Å²) in [5, 5.41) is 18.7. The van der Waals surface area contributed by atoms with Gasteiger partial charge in [0.1, 0.15) is 40.2 Å². The first-order valence-corrected chi connectivity index (χ1v) is 17.6. The monoisotopic (exact) mass is 700 g/mol. The van der Waals surface area contributed by atoms with Crippen molar-refractivity contribution in [3.05, 3.63) is 48.5 Å². The molecule has 0 spiro atoms. The van der Waals surface area contributed by atoms with E-state index in [1.807, 2.05) is 38.3 Å². The van der Waals surface area contributed by atoms with E-state index in [9.17, 15) is 19.2 Å². The first kappa shape index (κ1) is 34.8. The predicted molar refractivity (Wildman–Crippen MR) is 183 cm³/mol. The molecule has 2 aliphatic carbocycles. The standard InChI is InChI=1S/C35H40N8O6S/c1-5-20-17-35(20,32(46)38-19-36)42-29(44)25-16-22(48-30-26-23(13-15-50-26)39-28(41-30)24-12-8-9-14-37-24)18-43(25)31(45)27(34(2,3)4)40-33(47)49-21-10-6-7-11-21/h5,8-9,12-15,20-22,25,27H,1,6-7,10-11,16-18H2,2-4H3,(H,38,46)(H,40,47)(H,42,44)/t20?,22-,25+,27+,35-/m1/s1. The van der Waals surface area contributed by atoms with Crippen LogP contribution < -0.4 is 20.7 Å². The summed E-state index contributed by atoms with van der Waals surface area (Å²) in [5.41, 5.74) is -0.926. The topological polar surface area (TPSA) is 189 Å². The Hall–Kier alpha value is -5.10. The number of carbonyl (C=O) groups excluding carboxylic acids is 4. The molecule has 3 N–H and O–H groups in total. The lowest BCUT2D eigenvalue weighted by atomic mass is 9.85. The van der Waals surface area contributed by atoms with Gasteiger partial charge in [-0.15, -0.1) is 17.9 Å². The van der Waals surface area contributed by atoms with Gasteiger partial charge in [-0.1, -0.05) is 32.9 Å². The zero-order chi connectivity index (χ0) is 35.6. The number of ether oxygens (including phenoxy) is 2. The number of hydrogen-bond acceptors (Lipinski definition) is 11. The Bertz CT molecular complexity index is 1830. The first-order chi connectivity index (χ1) is 23.9. The molecule has 15 heteroatoms. The highest BCUT2D eigenvalue weighted by Gasteiger charge is 2.61. The average Bonchev–Trinajstić information content (AvgIpc) is 3.52. The van der Waals surface area contributed by atoms with Gasteiger partial charge in [0.15, 0.2) is 12.0 Å². The number of fused-ring (bicyclic) bond motifs is 1. The molecule has 0 aromatic carbocycles. The van der Waals surface area contributed by atoms with Crippen LogP contribution in [-0.4, -0.2) is 80.0 Å². The highest BCUT2D eigenvalue weighted by molar-refractivity contribution is 7.17. The summed E-state index contributed by atoms with van der Waals surface area (Å²) in [7, 11) is 0. The number of rotatable bonds is 10. The van der Waals surface area contributed by atoms with Crippen LogP contribution in [0.4, 0.5) is 4.79 Å². The van der Waals surface area contributed by atoms with Gasteiger partial charge in [-0.3, -0.25) is 24.7 Å². The molecular formula is C35H40N8O6S. The predicted octanol–water partition coefficient (Wildman–Crippen LogP) is 3.84. The maximum Gasteiger partial charge on any atom is 0.408 e. The second kappa shape index (κ2) is 14.0. The van der Waals surface area contributed by atoms with Crippen LogP contribution in [0.2, 0.25) is 0 Å². The van der Waals surface area contributed by atoms with E-state index < -0.39 is 58.9 Å². The van der Waals surface area contributed by atoms with E-state index in [4.69, 9.17) is 14.7 Å². The Kier molecular flexibility index (Phi) is 9.75. The number of alkyl carbamates (subject to hydrolysis) is 1. The zero-order valence-corrected chi connectivity index (χ0v) is 29.0. The van der Waals surface area contributed by atoms with Crippen molar-refractivity contribution in [1.82, 2.24) is 35.8 Å². The molecule has 1 unspecified atom stereocenters. The van der Waals surface area contributed by atoms with Crippen LogP contribution in [0, 0.1) is 22.8 Å². The number of carbonyl (C=O) groups is 4. The van der Waals surface area contributed by atoms with Crippen LogP contribution >= 0.6 is 11.3 Å². The molecule has 50 heavy (non-hydrogen) atoms. The van der Waals surface area contributed by atoms with Crippen molar-refractivity contribution >= 4 is 45.4 Å². The van der Waals surface area contributed by atoms with Crippen LogP contribution in [0.25, 0.3) is 21.7 Å². The summed E-state index contributed by atoms with van der Waals surface area (Å²) >= 11 is 1.40. The molecule has 0 bridgehead atoms. The minimum atomic E-state index is -1.37. The summed E-state index contributed by atoms with van der Waals surface area (Å²) in [6, 6.07) is 5.12. The third-order valence-electron chi connectivity index (χ3n) is 9.46. The lowest BCUT2D eigenvalue weighted by Crippen LogP contribution is -2.59. The van der Waals surface area contributed by atoms with Crippen LogP contribution in [0.3, 0.4) is 0 Å². The molecule has 3 aromatic heterocycles. The summed E-state index contributed by atoms with van der Waals surface area (Å²) in [6.45, 7) is 9.20. The van der Waals surface area contributed by atoms with E-state index in [1.54, 1.807) is 30.6 Å². The summed E-state index contributed by atoms with van der Waals surface area (Å²) in [4.78, 5) is 69.7. The Morgan fingerprint density at radius 1 is 1.16 bits per heavy atom. The van der Waals surface area contributed by atoms with Crippen molar-refractivity contribution < 1.29 is 28.7 Å². The normalized spacial score (nSPS) is 23.8. The van der Waals surface area contributed by atoms with Gasteiger partial charge in [0.05, 0.1) is 12.1 Å². The van der Waals surface area contributed by atoms with Crippen LogP contribution in [0.15, 0.2) is 48.5 Å². The highest BCUT2D eigenvalue weighted by Crippen LogP contribution is 2.45. The molecule has 4 amide bonds. The lowest BCUT2D eigenvalue weighted by Gasteiger charge is -2.35. The number of nitriles is 1. The SMILES string of the molecule is C=CC1C[C@]1(NC(=O)[C@@H]1C[C@@H](Oc2nc(-c3ccccn3)nc3ccsc23)CN1C(=O)[C@H](NC(=O)OC1CCCC1)C(C)(C)C)C(=O)NC#N. The molecule has 2 saturated carbocycles. The van der Waals surface area contributed by atoms with Gasteiger partial charge in [-0.2, -0.15) is 10.2 Å². The second-order valence-corrected chi connectivity index (χ2v) is 14.9. The number of hydrogen-bond donors (Lipinski definition) is 3. The van der Waals surface area contributed by atoms with E-state index in [1.165, 1.54) is 16.2 Å². The number of likely N-dealkylation sites (tertiary alicyclic amines) is 1. The molecular weight excluding hydrogens is 661 g/mol. The van der Waals surface area contributed by atoms with E-state index in [2.05, 4.69) is 37.5 Å². The van der Waals surface area contributed by atoms with Crippen molar-refractivity contribution in [2.24, 2.45) is 11.3 Å². The number of pyridine rings is 1. The van der Waals surface area contributed by atoms with Crippen molar-refractivity contribution in [3.63, 3.8) is 0 Å². The van der Waals surface area contributed by atoms with Gasteiger partial charge in [0.25, 0.3) is 5.91 Å². The fourth-order valence-electron chi connectivity index (χ4n) is 6.68. The summed E-state index contributed by atoms with van der Waals surface area (Å²) in [5.74, 6) is -1.51. The fraction of sp³-hybridized carbons (Fsp3) is 0.486. The molecule has 3 aromatic rings. The Balaban J connectivity index is 1.30. The van der Waals surface area contributed by atoms with E-state index >= 15 is 0 Å². The molecule has 6 rings (SSSR count). The maximum absolute atomic E-state index is 14.5. The molecule has 0 radical (unpaired) electrons. The summed E-state index contributed by atoms with van der Waals surface area (Å²) < 4.78 is 12.8. The summed E-state index contributed by atoms with van der Waals surface area (Å²) in [6.07, 6.45) is 7.02. The van der Waals surface area contributed by atoms with Crippen molar-refractivity contribution in [2.45, 2.75) is 89.1 Å². The number of nitrogens with zero attached hydrogens (tertiary/aromatic N) is 5. The van der Waals surface area contributed by atoms with Crippen LogP contribution in [0.5, 0.6) is 5.88 Å². The van der Waals surface area contributed by atoms with Gasteiger partial charge < -0.3 is 25.0 Å². The Morgan fingerprint density at radius 3 is 2.60 bits per heavy atom. The molecule has 3 aliphatic rings. The maximum atomic E-state index is 14.5. The number of aromatic nitrogens is 3. The molecule has 262 valence electrons. The van der Waals surface area contributed by atoms with E-state index in [-0.39, 0.29) is 31.4 Å². The Morgan fingerprint density at radius 2 is 1.94 bits per heavy atom. The van der Waals surface area contributed by atoms with Gasteiger partial charge >= 0.3 is 6.09 Å². The van der Waals surface area contributed by atoms with E-state index in [0.717, 1.165) is 25.7 Å². The highest BCUT2D eigenvalue weighted by atomic mass is 32.1. The quantitative estimate of drug-likeness (QED) is 0.159. The molecule has 1 aliphatic heterocycles. The largest absolute Gasteiger partial charge is 0.471 e.